The lowest BCUT2D eigenvalue weighted by Gasteiger charge is -2.04. The maximum Gasteiger partial charge on any atom is 0.310 e. The molecule has 110 valence electrons. The first-order chi connectivity index (χ1) is 9.23. The zero-order valence-corrected chi connectivity index (χ0v) is 13.2. The maximum atomic E-state index is 12.2. The number of hydrogen-bond donors (Lipinski definition) is 0. The third-order valence-electron chi connectivity index (χ3n) is 4.17. The predicted octanol–water partition coefficient (Wildman–Crippen LogP) is 4.18. The fraction of sp³-hybridized carbons (Fsp3) is 0.588. The lowest BCUT2D eigenvalue weighted by atomic mass is 10.1. The molecule has 2 unspecified atom stereocenters. The summed E-state index contributed by atoms with van der Waals surface area (Å²) >= 11 is 0. The molecule has 3 nitrogen and oxygen atoms in total. The van der Waals surface area contributed by atoms with Crippen molar-refractivity contribution >= 4 is 5.97 Å². The van der Waals surface area contributed by atoms with Crippen LogP contribution in [0, 0.1) is 31.1 Å². The molecule has 0 aromatic carbocycles. The second-order valence-corrected chi connectivity index (χ2v) is 6.64. The molecule has 1 aliphatic rings. The van der Waals surface area contributed by atoms with Crippen LogP contribution in [0.15, 0.2) is 22.1 Å². The van der Waals surface area contributed by atoms with Crippen molar-refractivity contribution in [3.05, 3.63) is 34.8 Å². The number of furan rings is 1. The summed E-state index contributed by atoms with van der Waals surface area (Å²) in [5, 5.41) is 0. The maximum absolute atomic E-state index is 12.2. The van der Waals surface area contributed by atoms with Crippen molar-refractivity contribution < 1.29 is 13.9 Å². The Hall–Kier alpha value is -1.51. The summed E-state index contributed by atoms with van der Waals surface area (Å²) in [6.07, 6.45) is 2.17. The molecule has 20 heavy (non-hydrogen) atoms. The van der Waals surface area contributed by atoms with Gasteiger partial charge in [0.25, 0.3) is 0 Å². The van der Waals surface area contributed by atoms with E-state index in [4.69, 9.17) is 9.15 Å². The summed E-state index contributed by atoms with van der Waals surface area (Å²) < 4.78 is 11.0. The van der Waals surface area contributed by atoms with Crippen molar-refractivity contribution in [2.75, 3.05) is 0 Å². The Morgan fingerprint density at radius 3 is 2.55 bits per heavy atom. The highest BCUT2D eigenvalue weighted by atomic mass is 16.5. The van der Waals surface area contributed by atoms with Crippen LogP contribution in [0.1, 0.15) is 44.8 Å². The molecule has 2 rings (SSSR count). The van der Waals surface area contributed by atoms with E-state index in [1.54, 1.807) is 0 Å². The van der Waals surface area contributed by atoms with Gasteiger partial charge in [-0.25, -0.2) is 0 Å². The van der Waals surface area contributed by atoms with E-state index in [0.717, 1.165) is 17.1 Å². The number of rotatable bonds is 4. The van der Waals surface area contributed by atoms with E-state index in [9.17, 15) is 4.79 Å². The van der Waals surface area contributed by atoms with E-state index < -0.39 is 0 Å². The fourth-order valence-corrected chi connectivity index (χ4v) is 2.86. The van der Waals surface area contributed by atoms with E-state index in [2.05, 4.69) is 33.8 Å². The molecule has 1 saturated carbocycles. The molecule has 2 atom stereocenters. The van der Waals surface area contributed by atoms with Gasteiger partial charge in [-0.1, -0.05) is 25.5 Å². The van der Waals surface area contributed by atoms with Crippen LogP contribution in [-0.4, -0.2) is 5.97 Å². The predicted molar refractivity (Wildman–Crippen MR) is 78.2 cm³/mol. The third kappa shape index (κ3) is 2.82. The molecule has 0 N–H and O–H groups in total. The summed E-state index contributed by atoms with van der Waals surface area (Å²) in [6.45, 7) is 12.4. The second kappa shape index (κ2) is 5.12. The summed E-state index contributed by atoms with van der Waals surface area (Å²) in [5.74, 6) is 1.73. The van der Waals surface area contributed by atoms with Gasteiger partial charge in [0.05, 0.1) is 5.92 Å². The molecular formula is C17H24O3. The van der Waals surface area contributed by atoms with Crippen LogP contribution in [0.2, 0.25) is 0 Å². The lowest BCUT2D eigenvalue weighted by molar-refractivity contribution is -0.148. The van der Waals surface area contributed by atoms with Gasteiger partial charge in [0, 0.05) is 0 Å². The number of ether oxygens (including phenoxy) is 1. The summed E-state index contributed by atoms with van der Waals surface area (Å²) in [5.41, 5.74) is 2.28. The van der Waals surface area contributed by atoms with Gasteiger partial charge in [-0.15, -0.1) is 0 Å². The van der Waals surface area contributed by atoms with E-state index in [-0.39, 0.29) is 23.9 Å². The van der Waals surface area contributed by atoms with Crippen LogP contribution in [0.25, 0.3) is 0 Å². The largest absolute Gasteiger partial charge is 0.462 e. The van der Waals surface area contributed by atoms with E-state index >= 15 is 0 Å². The Bertz CT molecular complexity index is 545. The fourth-order valence-electron chi connectivity index (χ4n) is 2.86. The zero-order chi connectivity index (χ0) is 15.1. The van der Waals surface area contributed by atoms with Gasteiger partial charge in [-0.05, 0) is 50.7 Å². The Morgan fingerprint density at radius 1 is 1.40 bits per heavy atom. The smallest absolute Gasteiger partial charge is 0.310 e. The quantitative estimate of drug-likeness (QED) is 0.612. The van der Waals surface area contributed by atoms with Crippen LogP contribution < -0.4 is 0 Å². The number of aryl methyl sites for hydroxylation is 2. The Balaban J connectivity index is 1.97. The molecule has 0 saturated heterocycles. The highest BCUT2D eigenvalue weighted by molar-refractivity contribution is 5.78. The van der Waals surface area contributed by atoms with E-state index in [1.165, 1.54) is 5.57 Å². The molecule has 0 bridgehead atoms. The zero-order valence-electron chi connectivity index (χ0n) is 13.2. The minimum Gasteiger partial charge on any atom is -0.462 e. The van der Waals surface area contributed by atoms with Gasteiger partial charge in [0.2, 0.25) is 0 Å². The standard InChI is InChI=1S/C17H24O3/c1-10(2)7-13-15(17(13,5)6)16(18)19-9-14-11(3)8-12(4)20-14/h7-8,13,15H,9H2,1-6H3. The SMILES string of the molecule is CC(C)=CC1C(C(=O)OCc2oc(C)cc2C)C1(C)C. The monoisotopic (exact) mass is 276 g/mol. The molecule has 0 amide bonds. The summed E-state index contributed by atoms with van der Waals surface area (Å²) in [4.78, 5) is 12.2. The molecular weight excluding hydrogens is 252 g/mol. The van der Waals surface area contributed by atoms with Gasteiger partial charge in [0.1, 0.15) is 18.1 Å². The molecule has 0 radical (unpaired) electrons. The van der Waals surface area contributed by atoms with Gasteiger partial charge < -0.3 is 9.15 Å². The highest BCUT2D eigenvalue weighted by Gasteiger charge is 2.61. The Labute approximate surface area is 121 Å². The van der Waals surface area contributed by atoms with Crippen molar-refractivity contribution in [1.82, 2.24) is 0 Å². The molecule has 1 fully saturated rings. The van der Waals surface area contributed by atoms with Crippen LogP contribution in [0.4, 0.5) is 0 Å². The molecule has 0 aliphatic heterocycles. The minimum atomic E-state index is -0.119. The topological polar surface area (TPSA) is 39.4 Å². The van der Waals surface area contributed by atoms with Crippen molar-refractivity contribution in [2.24, 2.45) is 17.3 Å². The number of carbonyl (C=O) groups is 1. The number of allylic oxidation sites excluding steroid dienone is 2. The molecule has 1 aromatic heterocycles. The van der Waals surface area contributed by atoms with Crippen molar-refractivity contribution in [3.63, 3.8) is 0 Å². The first kappa shape index (κ1) is 14.9. The second-order valence-electron chi connectivity index (χ2n) is 6.64. The molecule has 1 aromatic rings. The normalized spacial score (nSPS) is 23.3. The average Bonchev–Trinajstić information content (AvgIpc) is 2.68. The minimum absolute atomic E-state index is 0.00246. The van der Waals surface area contributed by atoms with Crippen molar-refractivity contribution in [1.29, 1.82) is 0 Å². The number of carbonyl (C=O) groups excluding carboxylic acids is 1. The van der Waals surface area contributed by atoms with Crippen molar-refractivity contribution in [2.45, 2.75) is 48.1 Å². The van der Waals surface area contributed by atoms with Crippen LogP contribution in [-0.2, 0) is 16.1 Å². The third-order valence-corrected chi connectivity index (χ3v) is 4.17. The van der Waals surface area contributed by atoms with Gasteiger partial charge in [0.15, 0.2) is 0 Å². The highest BCUT2D eigenvalue weighted by Crippen LogP contribution is 2.59. The molecule has 1 heterocycles. The Morgan fingerprint density at radius 2 is 2.05 bits per heavy atom. The number of esters is 1. The van der Waals surface area contributed by atoms with Crippen LogP contribution in [0.5, 0.6) is 0 Å². The summed E-state index contributed by atoms with van der Waals surface area (Å²) in [6, 6.07) is 1.95. The van der Waals surface area contributed by atoms with Crippen molar-refractivity contribution in [3.8, 4) is 0 Å². The lowest BCUT2D eigenvalue weighted by Crippen LogP contribution is -2.10. The number of hydrogen-bond acceptors (Lipinski definition) is 3. The Kier molecular flexibility index (Phi) is 3.81. The van der Waals surface area contributed by atoms with E-state index in [0.29, 0.717) is 5.92 Å². The van der Waals surface area contributed by atoms with E-state index in [1.807, 2.05) is 19.9 Å². The first-order valence-corrected chi connectivity index (χ1v) is 7.11. The first-order valence-electron chi connectivity index (χ1n) is 7.11. The van der Waals surface area contributed by atoms with Gasteiger partial charge in [-0.2, -0.15) is 0 Å². The van der Waals surface area contributed by atoms with Crippen LogP contribution in [0.3, 0.4) is 0 Å². The average molecular weight is 276 g/mol. The molecule has 0 spiro atoms. The van der Waals surface area contributed by atoms with Gasteiger partial charge >= 0.3 is 5.97 Å². The molecule has 3 heteroatoms. The molecule has 1 aliphatic carbocycles. The summed E-state index contributed by atoms with van der Waals surface area (Å²) in [7, 11) is 0. The van der Waals surface area contributed by atoms with Gasteiger partial charge in [-0.3, -0.25) is 4.79 Å². The van der Waals surface area contributed by atoms with Crippen LogP contribution >= 0.6 is 0 Å².